The number of halogens is 2. The lowest BCUT2D eigenvalue weighted by molar-refractivity contribution is 0.0122. The molecule has 4 fully saturated rings. The maximum atomic E-state index is 15.2. The second kappa shape index (κ2) is 9.19. The zero-order chi connectivity index (χ0) is 26.8. The van der Waals surface area contributed by atoms with Gasteiger partial charge in [-0.3, -0.25) is 9.80 Å². The van der Waals surface area contributed by atoms with Crippen LogP contribution >= 0.6 is 11.6 Å². The predicted molar refractivity (Wildman–Crippen MR) is 142 cm³/mol. The summed E-state index contributed by atoms with van der Waals surface area (Å²) in [5, 5.41) is 0.231. The lowest BCUT2D eigenvalue weighted by Crippen LogP contribution is -2.57. The third kappa shape index (κ3) is 4.45. The van der Waals surface area contributed by atoms with Crippen molar-refractivity contribution in [2.75, 3.05) is 37.7 Å². The topological polar surface area (TPSA) is 83.9 Å². The molecule has 4 aliphatic rings. The van der Waals surface area contributed by atoms with Crippen LogP contribution < -0.4 is 9.64 Å². The van der Waals surface area contributed by atoms with Crippen molar-refractivity contribution in [3.63, 3.8) is 0 Å². The second-order valence-electron chi connectivity index (χ2n) is 12.1. The van der Waals surface area contributed by atoms with Crippen LogP contribution in [0.4, 0.5) is 15.0 Å². The first-order chi connectivity index (χ1) is 18.0. The van der Waals surface area contributed by atoms with E-state index in [9.17, 15) is 4.79 Å². The lowest BCUT2D eigenvalue weighted by Gasteiger charge is -2.42. The number of piperazine rings is 1. The smallest absolute Gasteiger partial charge is 0.410 e. The first-order valence-corrected chi connectivity index (χ1v) is 13.7. The molecule has 2 aromatic rings. The van der Waals surface area contributed by atoms with E-state index >= 15 is 4.39 Å². The number of pyridine rings is 1. The molecule has 2 aromatic heterocycles. The molecule has 1 amide bonds. The number of carbonyl (C=O) groups excluding carboxylic acids is 1. The van der Waals surface area contributed by atoms with Crippen molar-refractivity contribution in [3.8, 4) is 6.01 Å². The fraction of sp³-hybridized carbons (Fsp3) is 0.630. The summed E-state index contributed by atoms with van der Waals surface area (Å²) in [5.41, 5.74) is 0.618. The van der Waals surface area contributed by atoms with E-state index in [0.717, 1.165) is 45.2 Å². The molecule has 9 nitrogen and oxygen atoms in total. The van der Waals surface area contributed by atoms with Crippen LogP contribution in [0.5, 0.6) is 6.01 Å². The van der Waals surface area contributed by atoms with Crippen LogP contribution in [0.15, 0.2) is 18.3 Å². The summed E-state index contributed by atoms with van der Waals surface area (Å²) in [6.07, 6.45) is 5.97. The van der Waals surface area contributed by atoms with Crippen molar-refractivity contribution in [1.82, 2.24) is 24.8 Å². The molecule has 3 atom stereocenters. The molecule has 0 aliphatic carbocycles. The van der Waals surface area contributed by atoms with Gasteiger partial charge in [0.05, 0.1) is 23.0 Å². The van der Waals surface area contributed by atoms with Crippen LogP contribution in [0, 0.1) is 5.82 Å². The fourth-order valence-electron chi connectivity index (χ4n) is 6.64. The lowest BCUT2D eigenvalue weighted by atomic mass is 9.94. The molecule has 204 valence electrons. The van der Waals surface area contributed by atoms with E-state index in [1.807, 2.05) is 25.7 Å². The Hall–Kier alpha value is -2.72. The highest BCUT2D eigenvalue weighted by atomic mass is 35.5. The van der Waals surface area contributed by atoms with Crippen LogP contribution in [-0.4, -0.2) is 86.9 Å². The maximum absolute atomic E-state index is 15.2. The van der Waals surface area contributed by atoms with Gasteiger partial charge in [0.1, 0.15) is 23.5 Å². The van der Waals surface area contributed by atoms with Crippen LogP contribution in [0.1, 0.15) is 52.9 Å². The fourth-order valence-corrected chi connectivity index (χ4v) is 6.78. The SMILES string of the molecule is C=C1CN2CCC[C@@]2(COc2nc(N3C[C@H]4CC[C@@H](C3)N4C(=O)OC(C)(C)C)c3cnc(Cl)c(F)c3n2)C1. The summed E-state index contributed by atoms with van der Waals surface area (Å²) >= 11 is 6.03. The number of hydrogen-bond acceptors (Lipinski definition) is 8. The average molecular weight is 545 g/mol. The molecule has 0 spiro atoms. The normalized spacial score (nSPS) is 27.3. The molecule has 4 aliphatic heterocycles. The minimum Gasteiger partial charge on any atom is -0.461 e. The highest BCUT2D eigenvalue weighted by molar-refractivity contribution is 6.30. The number of nitrogens with zero attached hydrogens (tertiary/aromatic N) is 6. The molecule has 0 unspecified atom stereocenters. The molecule has 11 heteroatoms. The Bertz CT molecular complexity index is 1290. The Kier molecular flexibility index (Phi) is 6.18. The molecule has 0 aromatic carbocycles. The van der Waals surface area contributed by atoms with Gasteiger partial charge in [-0.15, -0.1) is 0 Å². The number of fused-ring (bicyclic) bond motifs is 4. The summed E-state index contributed by atoms with van der Waals surface area (Å²) in [5.74, 6) is -0.145. The number of aromatic nitrogens is 3. The zero-order valence-corrected chi connectivity index (χ0v) is 22.9. The number of ether oxygens (including phenoxy) is 2. The minimum absolute atomic E-state index is 0.0291. The Balaban J connectivity index is 1.30. The zero-order valence-electron chi connectivity index (χ0n) is 22.2. The Morgan fingerprint density at radius 2 is 2.00 bits per heavy atom. The standard InChI is InChI=1S/C27H34ClFN6O3/c1-16-10-27(8-5-9-34(27)12-16)15-37-24-31-21-19(11-30-22(28)20(21)29)23(32-24)33-13-17-6-7-18(14-33)35(17)25(36)38-26(2,3)4/h11,17-18H,1,5-10,12-15H2,2-4H3/t17-,18+,27-/m0/s1. The van der Waals surface area contributed by atoms with Gasteiger partial charge in [-0.25, -0.2) is 14.2 Å². The van der Waals surface area contributed by atoms with Crippen LogP contribution in [0.3, 0.4) is 0 Å². The van der Waals surface area contributed by atoms with Crippen molar-refractivity contribution in [3.05, 3.63) is 29.3 Å². The molecular formula is C27H34ClFN6O3. The van der Waals surface area contributed by atoms with Crippen molar-refractivity contribution in [1.29, 1.82) is 0 Å². The van der Waals surface area contributed by atoms with Gasteiger partial charge in [0.25, 0.3) is 0 Å². The van der Waals surface area contributed by atoms with Crippen molar-refractivity contribution < 1.29 is 18.7 Å². The largest absolute Gasteiger partial charge is 0.461 e. The molecule has 38 heavy (non-hydrogen) atoms. The van der Waals surface area contributed by atoms with Crippen LogP contribution in [-0.2, 0) is 4.74 Å². The van der Waals surface area contributed by atoms with Gasteiger partial charge in [0, 0.05) is 25.8 Å². The number of amides is 1. The van der Waals surface area contributed by atoms with Gasteiger partial charge in [0.15, 0.2) is 11.0 Å². The third-order valence-corrected chi connectivity index (χ3v) is 8.46. The highest BCUT2D eigenvalue weighted by Crippen LogP contribution is 2.41. The molecule has 0 radical (unpaired) electrons. The number of anilines is 1. The van der Waals surface area contributed by atoms with Gasteiger partial charge in [-0.05, 0) is 59.4 Å². The van der Waals surface area contributed by atoms with E-state index in [1.54, 1.807) is 0 Å². The van der Waals surface area contributed by atoms with Crippen molar-refractivity contribution in [2.24, 2.45) is 0 Å². The van der Waals surface area contributed by atoms with Gasteiger partial charge in [0.2, 0.25) is 0 Å². The summed E-state index contributed by atoms with van der Waals surface area (Å²) in [4.78, 5) is 32.6. The van der Waals surface area contributed by atoms with Crippen molar-refractivity contribution in [2.45, 2.75) is 76.1 Å². The maximum Gasteiger partial charge on any atom is 0.410 e. The molecular weight excluding hydrogens is 511 g/mol. The minimum atomic E-state index is -0.692. The van der Waals surface area contributed by atoms with Gasteiger partial charge < -0.3 is 14.4 Å². The van der Waals surface area contributed by atoms with E-state index in [-0.39, 0.29) is 40.4 Å². The van der Waals surface area contributed by atoms with Crippen LogP contribution in [0.25, 0.3) is 10.9 Å². The number of hydrogen-bond donors (Lipinski definition) is 0. The van der Waals surface area contributed by atoms with E-state index in [0.29, 0.717) is 30.9 Å². The van der Waals surface area contributed by atoms with E-state index in [1.165, 1.54) is 11.8 Å². The summed E-state index contributed by atoms with van der Waals surface area (Å²) in [7, 11) is 0. The molecule has 4 saturated heterocycles. The third-order valence-electron chi connectivity index (χ3n) is 8.19. The summed E-state index contributed by atoms with van der Waals surface area (Å²) < 4.78 is 27.1. The second-order valence-corrected chi connectivity index (χ2v) is 12.5. The van der Waals surface area contributed by atoms with E-state index < -0.39 is 11.4 Å². The van der Waals surface area contributed by atoms with Gasteiger partial charge in [-0.1, -0.05) is 23.8 Å². The number of rotatable bonds is 4. The van der Waals surface area contributed by atoms with E-state index in [4.69, 9.17) is 26.1 Å². The molecule has 2 bridgehead atoms. The highest BCUT2D eigenvalue weighted by Gasteiger charge is 2.47. The van der Waals surface area contributed by atoms with E-state index in [2.05, 4.69) is 26.3 Å². The molecule has 0 N–H and O–H groups in total. The predicted octanol–water partition coefficient (Wildman–Crippen LogP) is 4.58. The quantitative estimate of drug-likeness (QED) is 0.408. The first kappa shape index (κ1) is 25.6. The average Bonchev–Trinajstić information content (AvgIpc) is 3.46. The summed E-state index contributed by atoms with van der Waals surface area (Å²) in [6.45, 7) is 13.2. The monoisotopic (exact) mass is 544 g/mol. The molecule has 6 rings (SSSR count). The first-order valence-electron chi connectivity index (χ1n) is 13.4. The summed E-state index contributed by atoms with van der Waals surface area (Å²) in [6, 6.07) is 0.0615. The van der Waals surface area contributed by atoms with Gasteiger partial charge >= 0.3 is 12.1 Å². The number of carbonyl (C=O) groups is 1. The molecule has 6 heterocycles. The Morgan fingerprint density at radius 3 is 2.71 bits per heavy atom. The Morgan fingerprint density at radius 1 is 1.26 bits per heavy atom. The van der Waals surface area contributed by atoms with Crippen LogP contribution in [0.2, 0.25) is 5.15 Å². The van der Waals surface area contributed by atoms with Gasteiger partial charge in [-0.2, -0.15) is 9.97 Å². The van der Waals surface area contributed by atoms with Crippen molar-refractivity contribution >= 4 is 34.4 Å². The molecule has 0 saturated carbocycles. The Labute approximate surface area is 226 Å².